The molecule has 5 nitrogen and oxygen atoms in total. The van der Waals surface area contributed by atoms with Crippen LogP contribution in [0.15, 0.2) is 17.1 Å². The molecule has 18 heavy (non-hydrogen) atoms. The third kappa shape index (κ3) is 2.78. The molecule has 1 saturated carbocycles. The number of hydrogen-bond acceptors (Lipinski definition) is 4. The van der Waals surface area contributed by atoms with Crippen molar-refractivity contribution in [3.63, 3.8) is 0 Å². The van der Waals surface area contributed by atoms with Crippen molar-refractivity contribution in [3.05, 3.63) is 22.6 Å². The lowest BCUT2D eigenvalue weighted by Crippen LogP contribution is -2.30. The molecule has 0 saturated heterocycles. The predicted octanol–water partition coefficient (Wildman–Crippen LogP) is 1.07. The first-order valence-electron chi connectivity index (χ1n) is 6.50. The van der Waals surface area contributed by atoms with Gasteiger partial charge in [-0.1, -0.05) is 0 Å². The van der Waals surface area contributed by atoms with Crippen molar-refractivity contribution in [3.8, 4) is 0 Å². The Kier molecular flexibility index (Phi) is 3.79. The number of rotatable bonds is 6. The van der Waals surface area contributed by atoms with Crippen molar-refractivity contribution in [1.29, 1.82) is 0 Å². The topological polar surface area (TPSA) is 55.2 Å². The van der Waals surface area contributed by atoms with Gasteiger partial charge in [-0.15, -0.1) is 0 Å². The summed E-state index contributed by atoms with van der Waals surface area (Å²) in [5.74, 6) is 0.293. The summed E-state index contributed by atoms with van der Waals surface area (Å²) in [5, 5.41) is 4.09. The molecule has 2 rings (SSSR count). The molecule has 1 aromatic rings. The first-order valence-corrected chi connectivity index (χ1v) is 6.50. The standard InChI is InChI=1S/C13H19N3O2/c1-3-15(4-2)11-7-13(18)16(14-8-11)9-12(17)10-5-6-10/h7-8,10H,3-6,9H2,1-2H3. The van der Waals surface area contributed by atoms with Gasteiger partial charge in [0.1, 0.15) is 6.54 Å². The minimum Gasteiger partial charge on any atom is -0.371 e. The maximum absolute atomic E-state index is 11.9. The number of anilines is 1. The monoisotopic (exact) mass is 249 g/mol. The van der Waals surface area contributed by atoms with Crippen LogP contribution in [0.5, 0.6) is 0 Å². The molecule has 1 aliphatic rings. The lowest BCUT2D eigenvalue weighted by Gasteiger charge is -2.20. The largest absolute Gasteiger partial charge is 0.371 e. The Morgan fingerprint density at radius 2 is 2.11 bits per heavy atom. The summed E-state index contributed by atoms with van der Waals surface area (Å²) in [6.45, 7) is 5.85. The van der Waals surface area contributed by atoms with Gasteiger partial charge in [0.15, 0.2) is 5.78 Å². The molecule has 0 radical (unpaired) electrons. The van der Waals surface area contributed by atoms with Gasteiger partial charge in [-0.25, -0.2) is 4.68 Å². The average Bonchev–Trinajstić information content (AvgIpc) is 3.18. The van der Waals surface area contributed by atoms with Gasteiger partial charge in [-0.2, -0.15) is 5.10 Å². The van der Waals surface area contributed by atoms with E-state index in [9.17, 15) is 9.59 Å². The SMILES string of the molecule is CCN(CC)c1cnn(CC(=O)C2CC2)c(=O)c1. The summed E-state index contributed by atoms with van der Waals surface area (Å²) < 4.78 is 1.26. The van der Waals surface area contributed by atoms with Gasteiger partial charge < -0.3 is 4.90 Å². The Morgan fingerprint density at radius 1 is 1.44 bits per heavy atom. The van der Waals surface area contributed by atoms with E-state index in [0.29, 0.717) is 0 Å². The number of aromatic nitrogens is 2. The van der Waals surface area contributed by atoms with Crippen molar-refractivity contribution < 1.29 is 4.79 Å². The third-order valence-corrected chi connectivity index (χ3v) is 3.32. The van der Waals surface area contributed by atoms with Crippen LogP contribution in [0.2, 0.25) is 0 Å². The fraction of sp³-hybridized carbons (Fsp3) is 0.615. The molecule has 0 aromatic carbocycles. The molecule has 1 fully saturated rings. The predicted molar refractivity (Wildman–Crippen MR) is 69.8 cm³/mol. The lowest BCUT2D eigenvalue weighted by atomic mass is 10.2. The van der Waals surface area contributed by atoms with Crippen LogP contribution in [0.1, 0.15) is 26.7 Å². The number of hydrogen-bond donors (Lipinski definition) is 0. The summed E-state index contributed by atoms with van der Waals surface area (Å²) in [5.41, 5.74) is 0.619. The maximum Gasteiger partial charge on any atom is 0.269 e. The number of Topliss-reactive ketones (excluding diaryl/α,β-unsaturated/α-hetero) is 1. The molecule has 5 heteroatoms. The van der Waals surface area contributed by atoms with Gasteiger partial charge in [0.25, 0.3) is 5.56 Å². The number of carbonyl (C=O) groups is 1. The minimum absolute atomic E-state index is 0.113. The zero-order valence-electron chi connectivity index (χ0n) is 10.9. The van der Waals surface area contributed by atoms with Crippen LogP contribution in [0.4, 0.5) is 5.69 Å². The minimum atomic E-state index is -0.201. The Balaban J connectivity index is 2.14. The molecule has 0 atom stereocenters. The first kappa shape index (κ1) is 12.8. The molecule has 98 valence electrons. The van der Waals surface area contributed by atoms with Crippen molar-refractivity contribution in [2.45, 2.75) is 33.2 Å². The van der Waals surface area contributed by atoms with Gasteiger partial charge in [0.05, 0.1) is 11.9 Å². The first-order chi connectivity index (χ1) is 8.65. The van der Waals surface area contributed by atoms with Crippen LogP contribution < -0.4 is 10.5 Å². The smallest absolute Gasteiger partial charge is 0.269 e. The molecular weight excluding hydrogens is 230 g/mol. The van der Waals surface area contributed by atoms with Gasteiger partial charge in [-0.3, -0.25) is 9.59 Å². The van der Waals surface area contributed by atoms with Gasteiger partial charge in [-0.05, 0) is 26.7 Å². The van der Waals surface area contributed by atoms with E-state index in [0.717, 1.165) is 31.6 Å². The molecule has 1 aliphatic carbocycles. The van der Waals surface area contributed by atoms with E-state index in [1.54, 1.807) is 12.3 Å². The van der Waals surface area contributed by atoms with Crippen molar-refractivity contribution in [1.82, 2.24) is 9.78 Å². The van der Waals surface area contributed by atoms with Crippen molar-refractivity contribution >= 4 is 11.5 Å². The normalized spacial score (nSPS) is 14.6. The van der Waals surface area contributed by atoms with E-state index < -0.39 is 0 Å². The second kappa shape index (κ2) is 5.33. The Bertz CT molecular complexity index is 487. The van der Waals surface area contributed by atoms with Crippen LogP contribution in [-0.2, 0) is 11.3 Å². The van der Waals surface area contributed by atoms with Crippen LogP contribution in [0.3, 0.4) is 0 Å². The van der Waals surface area contributed by atoms with E-state index >= 15 is 0 Å². The second-order valence-corrected chi connectivity index (χ2v) is 4.62. The van der Waals surface area contributed by atoms with Gasteiger partial charge >= 0.3 is 0 Å². The highest BCUT2D eigenvalue weighted by Crippen LogP contribution is 2.29. The summed E-state index contributed by atoms with van der Waals surface area (Å²) in [7, 11) is 0. The van der Waals surface area contributed by atoms with E-state index in [4.69, 9.17) is 0 Å². The highest BCUT2D eigenvalue weighted by atomic mass is 16.1. The summed E-state index contributed by atoms with van der Waals surface area (Å²) in [6.07, 6.45) is 3.59. The van der Waals surface area contributed by atoms with Crippen molar-refractivity contribution in [2.24, 2.45) is 5.92 Å². The summed E-state index contributed by atoms with van der Waals surface area (Å²) in [4.78, 5) is 25.6. The van der Waals surface area contributed by atoms with Gasteiger partial charge in [0.2, 0.25) is 0 Å². The maximum atomic E-state index is 11.9. The fourth-order valence-electron chi connectivity index (χ4n) is 1.99. The molecular formula is C13H19N3O2. The zero-order chi connectivity index (χ0) is 13.1. The molecule has 0 amide bonds. The van der Waals surface area contributed by atoms with Crippen LogP contribution in [-0.4, -0.2) is 28.7 Å². The highest BCUT2D eigenvalue weighted by molar-refractivity contribution is 5.82. The van der Waals surface area contributed by atoms with E-state index in [1.807, 2.05) is 13.8 Å². The zero-order valence-corrected chi connectivity index (χ0v) is 10.9. The molecule has 0 aliphatic heterocycles. The number of nitrogens with zero attached hydrogens (tertiary/aromatic N) is 3. The van der Waals surface area contributed by atoms with Crippen molar-refractivity contribution in [2.75, 3.05) is 18.0 Å². The Morgan fingerprint density at radius 3 is 2.61 bits per heavy atom. The lowest BCUT2D eigenvalue weighted by molar-refractivity contribution is -0.121. The summed E-state index contributed by atoms with van der Waals surface area (Å²) in [6, 6.07) is 1.56. The molecule has 0 spiro atoms. The molecule has 0 bridgehead atoms. The number of carbonyl (C=O) groups excluding carboxylic acids is 1. The Labute approximate surface area is 106 Å². The van der Waals surface area contributed by atoms with Crippen LogP contribution in [0.25, 0.3) is 0 Å². The van der Waals surface area contributed by atoms with E-state index in [1.165, 1.54) is 4.68 Å². The Hall–Kier alpha value is -1.65. The third-order valence-electron chi connectivity index (χ3n) is 3.32. The average molecular weight is 249 g/mol. The molecule has 1 aromatic heterocycles. The summed E-state index contributed by atoms with van der Waals surface area (Å²) >= 11 is 0. The molecule has 0 unspecified atom stereocenters. The molecule has 0 N–H and O–H groups in total. The van der Waals surface area contributed by atoms with E-state index in [-0.39, 0.29) is 23.8 Å². The quantitative estimate of drug-likeness (QED) is 0.756. The van der Waals surface area contributed by atoms with Gasteiger partial charge in [0, 0.05) is 25.1 Å². The number of ketones is 1. The van der Waals surface area contributed by atoms with Crippen LogP contribution in [0, 0.1) is 5.92 Å². The fourth-order valence-corrected chi connectivity index (χ4v) is 1.99. The second-order valence-electron chi connectivity index (χ2n) is 4.62. The van der Waals surface area contributed by atoms with Crippen LogP contribution >= 0.6 is 0 Å². The molecule has 1 heterocycles. The van der Waals surface area contributed by atoms with E-state index in [2.05, 4.69) is 10.00 Å². The highest BCUT2D eigenvalue weighted by Gasteiger charge is 2.29.